The summed E-state index contributed by atoms with van der Waals surface area (Å²) >= 11 is 0. The fraction of sp³-hybridized carbons (Fsp3) is 0. The first-order chi connectivity index (χ1) is 2.00. The molecule has 0 aliphatic heterocycles. The Kier molecular flexibility index (Phi) is 42.5. The molecule has 0 aromatic rings. The van der Waals surface area contributed by atoms with Gasteiger partial charge >= 0.3 is 37.7 Å². The molecule has 0 saturated heterocycles. The average molecular weight is 361 g/mol. The zero-order valence-electron chi connectivity index (χ0n) is 4.33. The normalized spacial score (nSPS) is 6.44. The Morgan fingerprint density at radius 2 is 0.889 bits per heavy atom. The van der Waals surface area contributed by atoms with Crippen LogP contribution in [0.15, 0.2) is 0 Å². The van der Waals surface area contributed by atoms with Crippen molar-refractivity contribution in [1.82, 2.24) is 0 Å². The Labute approximate surface area is 71.7 Å². The summed E-state index contributed by atoms with van der Waals surface area (Å²) in [6, 6.07) is 0. The molecule has 0 heterocycles. The first kappa shape index (κ1) is 33.3. The van der Waals surface area contributed by atoms with Gasteiger partial charge in [-0.05, 0) is 0 Å². The van der Waals surface area contributed by atoms with Crippen LogP contribution in [0.25, 0.3) is 0 Å². The molecule has 0 aromatic heterocycles. The van der Waals surface area contributed by atoms with Gasteiger partial charge in [0.1, 0.15) is 0 Å². The van der Waals surface area contributed by atoms with Gasteiger partial charge in [0, 0.05) is 0 Å². The molecule has 2 radical (unpaired) electrons. The van der Waals surface area contributed by atoms with Crippen molar-refractivity contribution < 1.29 is 34.0 Å². The van der Waals surface area contributed by atoms with E-state index in [-0.39, 0.29) is 43.7 Å². The van der Waals surface area contributed by atoms with Crippen LogP contribution < -0.4 is 0 Å². The van der Waals surface area contributed by atoms with Crippen LogP contribution in [0.2, 0.25) is 0 Å². The SMILES string of the molecule is O.O.O.O=S(=O)(O)O.[PbH2]. The maximum absolute atomic E-state index is 8.74. The van der Waals surface area contributed by atoms with E-state index in [2.05, 4.69) is 0 Å². The van der Waals surface area contributed by atoms with Crippen LogP contribution in [0, 0.1) is 0 Å². The second-order valence-corrected chi connectivity index (χ2v) is 1.34. The Morgan fingerprint density at radius 1 is 0.889 bits per heavy atom. The van der Waals surface area contributed by atoms with E-state index in [1.807, 2.05) is 0 Å². The van der Waals surface area contributed by atoms with Gasteiger partial charge in [-0.3, -0.25) is 9.11 Å². The summed E-state index contributed by atoms with van der Waals surface area (Å²) in [4.78, 5) is 0. The average Bonchev–Trinajstić information content (AvgIpc) is 0.722. The summed E-state index contributed by atoms with van der Waals surface area (Å²) in [7, 11) is -4.67. The van der Waals surface area contributed by atoms with Crippen molar-refractivity contribution in [3.8, 4) is 0 Å². The predicted molar refractivity (Wildman–Crippen MR) is 33.6 cm³/mol. The minimum atomic E-state index is -4.67. The van der Waals surface area contributed by atoms with E-state index in [1.54, 1.807) is 0 Å². The van der Waals surface area contributed by atoms with Gasteiger partial charge in [-0.25, -0.2) is 0 Å². The molecule has 9 heteroatoms. The zero-order chi connectivity index (χ0) is 4.50. The maximum atomic E-state index is 8.74. The summed E-state index contributed by atoms with van der Waals surface area (Å²) in [6.07, 6.45) is 0. The summed E-state index contributed by atoms with van der Waals surface area (Å²) in [5.74, 6) is 0. The number of hydrogen-bond donors (Lipinski definition) is 2. The minimum absolute atomic E-state index is 0. The van der Waals surface area contributed by atoms with E-state index in [0.717, 1.165) is 0 Å². The third-order valence-electron chi connectivity index (χ3n) is 0. The molecule has 0 fully saturated rings. The third-order valence-corrected chi connectivity index (χ3v) is 0. The molecule has 0 atom stereocenters. The molecule has 0 spiro atoms. The van der Waals surface area contributed by atoms with Crippen LogP contribution in [-0.4, -0.2) is 61.3 Å². The zero-order valence-corrected chi connectivity index (χ0v) is 10.6. The van der Waals surface area contributed by atoms with E-state index in [9.17, 15) is 0 Å². The van der Waals surface area contributed by atoms with E-state index in [4.69, 9.17) is 17.5 Å². The molecule has 0 aliphatic rings. The Hall–Kier alpha value is 0.672. The van der Waals surface area contributed by atoms with E-state index in [1.165, 1.54) is 0 Å². The first-order valence-electron chi connectivity index (χ1n) is 0.698. The predicted octanol–water partition coefficient (Wildman–Crippen LogP) is -4.04. The van der Waals surface area contributed by atoms with Gasteiger partial charge in [-0.1, -0.05) is 0 Å². The standard InChI is InChI=1S/H2O4S.3H2O.Pb.2H/c1-5(2,3)4;;;;;;/h(H2,1,2,3,4);3*1H2;;;. The van der Waals surface area contributed by atoms with Crippen LogP contribution in [0.4, 0.5) is 0 Å². The van der Waals surface area contributed by atoms with E-state index in [0.29, 0.717) is 0 Å². The number of rotatable bonds is 0. The van der Waals surface area contributed by atoms with Crippen molar-refractivity contribution in [2.45, 2.75) is 0 Å². The van der Waals surface area contributed by atoms with Crippen molar-refractivity contribution in [2.75, 3.05) is 0 Å². The van der Waals surface area contributed by atoms with Gasteiger partial charge < -0.3 is 16.4 Å². The van der Waals surface area contributed by atoms with E-state index >= 15 is 0 Å². The second-order valence-electron chi connectivity index (χ2n) is 0.448. The molecule has 0 unspecified atom stereocenters. The van der Waals surface area contributed by atoms with Crippen molar-refractivity contribution >= 4 is 37.7 Å². The molecule has 62 valence electrons. The van der Waals surface area contributed by atoms with Gasteiger partial charge in [0.15, 0.2) is 0 Å². The van der Waals surface area contributed by atoms with Crippen molar-refractivity contribution in [1.29, 1.82) is 0 Å². The third kappa shape index (κ3) is 855. The van der Waals surface area contributed by atoms with Gasteiger partial charge in [-0.2, -0.15) is 8.42 Å². The van der Waals surface area contributed by atoms with Crippen molar-refractivity contribution in [3.63, 3.8) is 0 Å². The topological polar surface area (TPSA) is 169 Å². The molecule has 9 heavy (non-hydrogen) atoms. The molecule has 8 N–H and O–H groups in total. The van der Waals surface area contributed by atoms with Crippen LogP contribution in [0.5, 0.6) is 0 Å². The van der Waals surface area contributed by atoms with Gasteiger partial charge in [-0.15, -0.1) is 0 Å². The van der Waals surface area contributed by atoms with Crippen molar-refractivity contribution in [3.05, 3.63) is 0 Å². The molecule has 7 nitrogen and oxygen atoms in total. The van der Waals surface area contributed by atoms with E-state index < -0.39 is 10.4 Å². The molecule has 0 amide bonds. The van der Waals surface area contributed by atoms with Gasteiger partial charge in [0.25, 0.3) is 0 Å². The fourth-order valence-electron chi connectivity index (χ4n) is 0. The monoisotopic (exact) mass is 362 g/mol. The quantitative estimate of drug-likeness (QED) is 0.331. The number of hydrogen-bond acceptors (Lipinski definition) is 2. The second kappa shape index (κ2) is 11.5. The summed E-state index contributed by atoms with van der Waals surface area (Å²) in [6.45, 7) is 0. The fourth-order valence-corrected chi connectivity index (χ4v) is 0. The molecule has 0 bridgehead atoms. The summed E-state index contributed by atoms with van der Waals surface area (Å²) < 4.78 is 31.6. The Bertz CT molecular complexity index is 92.1. The van der Waals surface area contributed by atoms with Crippen LogP contribution in [0.1, 0.15) is 0 Å². The molecular weight excluding hydrogens is 351 g/mol. The van der Waals surface area contributed by atoms with Crippen molar-refractivity contribution in [2.24, 2.45) is 0 Å². The molecule has 0 saturated carbocycles. The molecule has 0 rings (SSSR count). The molecule has 0 aromatic carbocycles. The van der Waals surface area contributed by atoms with Crippen LogP contribution >= 0.6 is 0 Å². The first-order valence-corrected chi connectivity index (χ1v) is 2.10. The summed E-state index contributed by atoms with van der Waals surface area (Å²) in [5, 5.41) is 0. The Balaban J connectivity index is -0.0000000133. The van der Waals surface area contributed by atoms with Gasteiger partial charge in [0.05, 0.1) is 0 Å². The Morgan fingerprint density at radius 3 is 0.889 bits per heavy atom. The molecule has 0 aliphatic carbocycles. The summed E-state index contributed by atoms with van der Waals surface area (Å²) in [5.41, 5.74) is 0. The van der Waals surface area contributed by atoms with Crippen LogP contribution in [0.3, 0.4) is 0 Å². The van der Waals surface area contributed by atoms with Gasteiger partial charge in [0.2, 0.25) is 0 Å². The molecular formula is H10O7PbS. The van der Waals surface area contributed by atoms with Crippen LogP contribution in [-0.2, 0) is 10.4 Å².